The van der Waals surface area contributed by atoms with Gasteiger partial charge in [0.05, 0.1) is 5.69 Å². The highest BCUT2D eigenvalue weighted by Crippen LogP contribution is 2.26. The Bertz CT molecular complexity index is 503. The quantitative estimate of drug-likeness (QED) is 0.725. The highest BCUT2D eigenvalue weighted by atomic mass is 19.1. The predicted octanol–water partition coefficient (Wildman–Crippen LogP) is 2.12. The monoisotopic (exact) mass is 205 g/mol. The second kappa shape index (κ2) is 3.38. The number of hydrogen-bond acceptors (Lipinski definition) is 2. The van der Waals surface area contributed by atoms with E-state index in [2.05, 4.69) is 5.10 Å². The number of anilines is 1. The van der Waals surface area contributed by atoms with E-state index in [1.807, 2.05) is 0 Å². The molecule has 0 aliphatic carbocycles. The normalized spacial score (nSPS) is 10.6. The van der Waals surface area contributed by atoms with Crippen LogP contribution in [0.15, 0.2) is 24.4 Å². The molecule has 0 atom stereocenters. The molecule has 0 bridgehead atoms. The van der Waals surface area contributed by atoms with Crippen LogP contribution in [-0.4, -0.2) is 9.78 Å². The maximum Gasteiger partial charge on any atom is 0.132 e. The highest BCUT2D eigenvalue weighted by Gasteiger charge is 2.10. The molecule has 0 fully saturated rings. The summed E-state index contributed by atoms with van der Waals surface area (Å²) < 4.78 is 15.3. The molecule has 1 heterocycles. The number of nitrogens with two attached hydrogens (primary N) is 1. The minimum atomic E-state index is -0.273. The van der Waals surface area contributed by atoms with Crippen LogP contribution in [0.2, 0.25) is 0 Å². The van der Waals surface area contributed by atoms with E-state index in [1.165, 1.54) is 6.07 Å². The van der Waals surface area contributed by atoms with Gasteiger partial charge in [0.2, 0.25) is 0 Å². The summed E-state index contributed by atoms with van der Waals surface area (Å²) in [5.41, 5.74) is 8.29. The molecule has 78 valence electrons. The largest absolute Gasteiger partial charge is 0.398 e. The molecule has 3 nitrogen and oxygen atoms in total. The van der Waals surface area contributed by atoms with Gasteiger partial charge in [0.1, 0.15) is 5.82 Å². The van der Waals surface area contributed by atoms with Crippen molar-refractivity contribution in [2.45, 2.75) is 6.92 Å². The average Bonchev–Trinajstić information content (AvgIpc) is 2.58. The summed E-state index contributed by atoms with van der Waals surface area (Å²) >= 11 is 0. The van der Waals surface area contributed by atoms with E-state index in [-0.39, 0.29) is 5.82 Å². The van der Waals surface area contributed by atoms with Gasteiger partial charge in [-0.15, -0.1) is 0 Å². The molecular formula is C11H12FN3. The fraction of sp³-hybridized carbons (Fsp3) is 0.182. The van der Waals surface area contributed by atoms with Gasteiger partial charge < -0.3 is 5.73 Å². The van der Waals surface area contributed by atoms with E-state index in [9.17, 15) is 4.39 Å². The minimum absolute atomic E-state index is 0.273. The molecule has 0 saturated heterocycles. The van der Waals surface area contributed by atoms with Crippen molar-refractivity contribution < 1.29 is 4.39 Å². The summed E-state index contributed by atoms with van der Waals surface area (Å²) in [6, 6.07) is 4.84. The third-order valence-corrected chi connectivity index (χ3v) is 2.45. The Labute approximate surface area is 87.3 Å². The molecule has 1 aromatic heterocycles. The first-order valence-electron chi connectivity index (χ1n) is 4.63. The van der Waals surface area contributed by atoms with Crippen molar-refractivity contribution in [3.63, 3.8) is 0 Å². The van der Waals surface area contributed by atoms with Gasteiger partial charge in [0, 0.05) is 24.5 Å². The topological polar surface area (TPSA) is 43.8 Å². The summed E-state index contributed by atoms with van der Waals surface area (Å²) in [4.78, 5) is 0. The van der Waals surface area contributed by atoms with E-state index in [0.717, 1.165) is 11.3 Å². The van der Waals surface area contributed by atoms with E-state index in [1.54, 1.807) is 37.0 Å². The Hall–Kier alpha value is -1.84. The zero-order valence-corrected chi connectivity index (χ0v) is 8.66. The summed E-state index contributed by atoms with van der Waals surface area (Å²) in [6.07, 6.45) is 1.63. The number of hydrogen-bond donors (Lipinski definition) is 1. The molecule has 1 aromatic carbocycles. The van der Waals surface area contributed by atoms with Gasteiger partial charge in [-0.2, -0.15) is 5.10 Å². The van der Waals surface area contributed by atoms with Gasteiger partial charge in [0.25, 0.3) is 0 Å². The van der Waals surface area contributed by atoms with Crippen LogP contribution in [-0.2, 0) is 7.05 Å². The summed E-state index contributed by atoms with van der Waals surface area (Å²) in [7, 11) is 1.77. The van der Waals surface area contributed by atoms with Gasteiger partial charge in [-0.25, -0.2) is 4.39 Å². The van der Waals surface area contributed by atoms with Crippen molar-refractivity contribution >= 4 is 5.69 Å². The Kier molecular flexibility index (Phi) is 2.19. The van der Waals surface area contributed by atoms with Crippen molar-refractivity contribution in [2.24, 2.45) is 7.05 Å². The molecule has 15 heavy (non-hydrogen) atoms. The summed E-state index contributed by atoms with van der Waals surface area (Å²) in [5, 5.41) is 4.00. The van der Waals surface area contributed by atoms with Gasteiger partial charge in [-0.1, -0.05) is 0 Å². The van der Waals surface area contributed by atoms with Crippen LogP contribution in [0, 0.1) is 12.7 Å². The maximum absolute atomic E-state index is 13.7. The van der Waals surface area contributed by atoms with Crippen LogP contribution in [0.1, 0.15) is 5.56 Å². The lowest BCUT2D eigenvalue weighted by atomic mass is 10.1. The second-order valence-electron chi connectivity index (χ2n) is 3.53. The molecule has 0 unspecified atom stereocenters. The standard InChI is InChI=1S/C11H12FN3/c1-7-5-9(12)8(6-10(7)13)11-3-4-14-15(11)2/h3-6H,13H2,1-2H3. The first kappa shape index (κ1) is 9.71. The lowest BCUT2D eigenvalue weighted by molar-refractivity contribution is 0.627. The van der Waals surface area contributed by atoms with E-state index in [4.69, 9.17) is 5.73 Å². The number of benzene rings is 1. The van der Waals surface area contributed by atoms with E-state index < -0.39 is 0 Å². The fourth-order valence-corrected chi connectivity index (χ4v) is 1.52. The van der Waals surface area contributed by atoms with Crippen molar-refractivity contribution in [3.8, 4) is 11.3 Å². The number of nitrogens with zero attached hydrogens (tertiary/aromatic N) is 2. The zero-order chi connectivity index (χ0) is 11.0. The van der Waals surface area contributed by atoms with Crippen molar-refractivity contribution in [3.05, 3.63) is 35.8 Å². The number of halogens is 1. The molecule has 0 spiro atoms. The van der Waals surface area contributed by atoms with Gasteiger partial charge >= 0.3 is 0 Å². The third-order valence-electron chi connectivity index (χ3n) is 2.45. The lowest BCUT2D eigenvalue weighted by Gasteiger charge is -2.07. The van der Waals surface area contributed by atoms with Crippen LogP contribution in [0.3, 0.4) is 0 Å². The molecule has 0 aliphatic heterocycles. The van der Waals surface area contributed by atoms with Crippen molar-refractivity contribution in [1.82, 2.24) is 9.78 Å². The van der Waals surface area contributed by atoms with E-state index in [0.29, 0.717) is 11.3 Å². The zero-order valence-electron chi connectivity index (χ0n) is 8.66. The first-order chi connectivity index (χ1) is 7.09. The molecule has 0 amide bonds. The van der Waals surface area contributed by atoms with Crippen LogP contribution >= 0.6 is 0 Å². The first-order valence-corrected chi connectivity index (χ1v) is 4.63. The molecule has 0 radical (unpaired) electrons. The Morgan fingerprint density at radius 3 is 2.73 bits per heavy atom. The van der Waals surface area contributed by atoms with E-state index >= 15 is 0 Å². The number of aryl methyl sites for hydroxylation is 2. The number of aromatic nitrogens is 2. The molecule has 0 aliphatic rings. The molecule has 2 aromatic rings. The molecule has 0 saturated carbocycles. The Morgan fingerprint density at radius 1 is 1.40 bits per heavy atom. The van der Waals surface area contributed by atoms with Gasteiger partial charge in [0.15, 0.2) is 0 Å². The summed E-state index contributed by atoms with van der Waals surface area (Å²) in [5.74, 6) is -0.273. The number of rotatable bonds is 1. The van der Waals surface area contributed by atoms with Crippen LogP contribution in [0.5, 0.6) is 0 Å². The molecule has 4 heteroatoms. The van der Waals surface area contributed by atoms with Crippen molar-refractivity contribution in [1.29, 1.82) is 0 Å². The fourth-order valence-electron chi connectivity index (χ4n) is 1.52. The smallest absolute Gasteiger partial charge is 0.132 e. The lowest BCUT2D eigenvalue weighted by Crippen LogP contribution is -1.98. The van der Waals surface area contributed by atoms with Crippen LogP contribution in [0.4, 0.5) is 10.1 Å². The van der Waals surface area contributed by atoms with Crippen LogP contribution < -0.4 is 5.73 Å². The predicted molar refractivity (Wildman–Crippen MR) is 57.8 cm³/mol. The number of nitrogen functional groups attached to an aromatic ring is 1. The minimum Gasteiger partial charge on any atom is -0.398 e. The third kappa shape index (κ3) is 1.58. The Morgan fingerprint density at radius 2 is 2.13 bits per heavy atom. The summed E-state index contributed by atoms with van der Waals surface area (Å²) in [6.45, 7) is 1.78. The SMILES string of the molecule is Cc1cc(F)c(-c2ccnn2C)cc1N. The second-order valence-corrected chi connectivity index (χ2v) is 3.53. The molecular weight excluding hydrogens is 193 g/mol. The Balaban J connectivity index is 2.64. The highest BCUT2D eigenvalue weighted by molar-refractivity contribution is 5.66. The van der Waals surface area contributed by atoms with Crippen LogP contribution in [0.25, 0.3) is 11.3 Å². The van der Waals surface area contributed by atoms with Gasteiger partial charge in [-0.3, -0.25) is 4.68 Å². The maximum atomic E-state index is 13.7. The average molecular weight is 205 g/mol. The van der Waals surface area contributed by atoms with Gasteiger partial charge in [-0.05, 0) is 30.7 Å². The molecule has 2 N–H and O–H groups in total. The molecule has 2 rings (SSSR count). The van der Waals surface area contributed by atoms with Crippen molar-refractivity contribution in [2.75, 3.05) is 5.73 Å².